The number of unbranched alkanes of at least 4 members (excludes halogenated alkanes) is 3. The number of hydrogen-bond acceptors (Lipinski definition) is 3. The van der Waals surface area contributed by atoms with E-state index >= 15 is 0 Å². The molecule has 15 heavy (non-hydrogen) atoms. The summed E-state index contributed by atoms with van der Waals surface area (Å²) in [5, 5.41) is 12.1. The summed E-state index contributed by atoms with van der Waals surface area (Å²) in [6.45, 7) is 6.75. The average molecular weight is 212 g/mol. The molecule has 3 heteroatoms. The Balaban J connectivity index is 1.53. The molecule has 2 aliphatic heterocycles. The lowest BCUT2D eigenvalue weighted by molar-refractivity contribution is 0.275. The highest BCUT2D eigenvalue weighted by molar-refractivity contribution is 4.90. The summed E-state index contributed by atoms with van der Waals surface area (Å²) in [7, 11) is 0. The first-order chi connectivity index (χ1) is 7.40. The Kier molecular flexibility index (Phi) is 4.42. The van der Waals surface area contributed by atoms with Crippen molar-refractivity contribution < 1.29 is 5.11 Å². The second-order valence-electron chi connectivity index (χ2n) is 5.08. The minimum atomic E-state index is 0.361. The van der Waals surface area contributed by atoms with Crippen molar-refractivity contribution >= 4 is 0 Å². The maximum atomic E-state index is 8.67. The number of nitrogens with zero attached hydrogens (tertiary/aromatic N) is 1. The van der Waals surface area contributed by atoms with E-state index in [1.165, 1.54) is 52.0 Å². The largest absolute Gasteiger partial charge is 0.396 e. The number of aliphatic hydroxyl groups excluding tert-OH is 1. The monoisotopic (exact) mass is 212 g/mol. The Morgan fingerprint density at radius 1 is 1.00 bits per heavy atom. The first kappa shape index (κ1) is 11.4. The molecular formula is C12H24N2O. The highest BCUT2D eigenvalue weighted by Gasteiger charge is 2.35. The van der Waals surface area contributed by atoms with Crippen molar-refractivity contribution in [3.05, 3.63) is 0 Å². The van der Waals surface area contributed by atoms with Gasteiger partial charge in [-0.2, -0.15) is 0 Å². The van der Waals surface area contributed by atoms with E-state index in [9.17, 15) is 0 Å². The fourth-order valence-corrected chi connectivity index (χ4v) is 2.94. The quantitative estimate of drug-likeness (QED) is 0.636. The Bertz CT molecular complexity index is 174. The number of fused-ring (bicyclic) bond motifs is 1. The lowest BCUT2D eigenvalue weighted by Gasteiger charge is -2.16. The number of aliphatic hydroxyl groups is 1. The summed E-state index contributed by atoms with van der Waals surface area (Å²) in [6, 6.07) is 0. The van der Waals surface area contributed by atoms with Crippen molar-refractivity contribution in [1.29, 1.82) is 0 Å². The zero-order chi connectivity index (χ0) is 10.5. The van der Waals surface area contributed by atoms with Crippen molar-refractivity contribution in [3.8, 4) is 0 Å². The fraction of sp³-hybridized carbons (Fsp3) is 1.00. The van der Waals surface area contributed by atoms with Gasteiger partial charge in [0.15, 0.2) is 0 Å². The summed E-state index contributed by atoms with van der Waals surface area (Å²) in [5.74, 6) is 1.87. The molecule has 2 N–H and O–H groups in total. The van der Waals surface area contributed by atoms with Crippen LogP contribution in [0.2, 0.25) is 0 Å². The fourth-order valence-electron chi connectivity index (χ4n) is 2.94. The number of rotatable bonds is 6. The third-order valence-electron chi connectivity index (χ3n) is 3.85. The van der Waals surface area contributed by atoms with E-state index in [0.29, 0.717) is 6.61 Å². The van der Waals surface area contributed by atoms with Gasteiger partial charge in [0.1, 0.15) is 0 Å². The van der Waals surface area contributed by atoms with Crippen molar-refractivity contribution in [2.75, 3.05) is 39.3 Å². The predicted octanol–water partition coefficient (Wildman–Crippen LogP) is 0.690. The molecule has 0 aliphatic carbocycles. The molecule has 0 aromatic heterocycles. The predicted molar refractivity (Wildman–Crippen MR) is 61.8 cm³/mol. The number of nitrogens with one attached hydrogen (secondary N) is 1. The Hall–Kier alpha value is -0.120. The molecule has 2 heterocycles. The lowest BCUT2D eigenvalue weighted by atomic mass is 10.0. The van der Waals surface area contributed by atoms with Crippen molar-refractivity contribution in [1.82, 2.24) is 10.2 Å². The third kappa shape index (κ3) is 3.16. The van der Waals surface area contributed by atoms with E-state index in [2.05, 4.69) is 10.2 Å². The van der Waals surface area contributed by atoms with Crippen LogP contribution in [0.1, 0.15) is 25.7 Å². The van der Waals surface area contributed by atoms with Crippen molar-refractivity contribution in [2.24, 2.45) is 11.8 Å². The minimum absolute atomic E-state index is 0.361. The van der Waals surface area contributed by atoms with Crippen molar-refractivity contribution in [2.45, 2.75) is 25.7 Å². The molecule has 0 saturated carbocycles. The Morgan fingerprint density at radius 2 is 1.67 bits per heavy atom. The first-order valence-corrected chi connectivity index (χ1v) is 6.44. The maximum Gasteiger partial charge on any atom is 0.0431 e. The van der Waals surface area contributed by atoms with E-state index in [1.54, 1.807) is 0 Å². The smallest absolute Gasteiger partial charge is 0.0431 e. The molecule has 0 aromatic carbocycles. The van der Waals surface area contributed by atoms with E-state index in [4.69, 9.17) is 5.11 Å². The molecule has 2 atom stereocenters. The molecule has 88 valence electrons. The molecular weight excluding hydrogens is 188 g/mol. The lowest BCUT2D eigenvalue weighted by Crippen LogP contribution is -2.26. The summed E-state index contributed by atoms with van der Waals surface area (Å²) in [4.78, 5) is 2.63. The van der Waals surface area contributed by atoms with Gasteiger partial charge in [-0.25, -0.2) is 0 Å². The molecule has 2 saturated heterocycles. The summed E-state index contributed by atoms with van der Waals surface area (Å²) < 4.78 is 0. The standard InChI is InChI=1S/C12H24N2O/c15-6-4-2-1-3-5-14-9-11-7-13-8-12(11)10-14/h11-13,15H,1-10H2. The molecule has 2 aliphatic rings. The van der Waals surface area contributed by atoms with Crippen LogP contribution in [0.3, 0.4) is 0 Å². The van der Waals surface area contributed by atoms with Crippen LogP contribution in [0.25, 0.3) is 0 Å². The molecule has 3 nitrogen and oxygen atoms in total. The first-order valence-electron chi connectivity index (χ1n) is 6.44. The maximum absolute atomic E-state index is 8.67. The zero-order valence-corrected chi connectivity index (χ0v) is 9.62. The molecule has 0 bridgehead atoms. The van der Waals surface area contributed by atoms with E-state index in [-0.39, 0.29) is 0 Å². The van der Waals surface area contributed by atoms with Gasteiger partial charge in [0.2, 0.25) is 0 Å². The van der Waals surface area contributed by atoms with Gasteiger partial charge >= 0.3 is 0 Å². The van der Waals surface area contributed by atoms with Crippen LogP contribution >= 0.6 is 0 Å². The van der Waals surface area contributed by atoms with Crippen LogP contribution in [0.5, 0.6) is 0 Å². The van der Waals surface area contributed by atoms with Gasteiger partial charge < -0.3 is 15.3 Å². The van der Waals surface area contributed by atoms with Crippen LogP contribution in [0.4, 0.5) is 0 Å². The van der Waals surface area contributed by atoms with Gasteiger partial charge in [-0.3, -0.25) is 0 Å². The minimum Gasteiger partial charge on any atom is -0.396 e. The average Bonchev–Trinajstić information content (AvgIpc) is 2.77. The Morgan fingerprint density at radius 3 is 2.33 bits per heavy atom. The van der Waals surface area contributed by atoms with Gasteiger partial charge in [0, 0.05) is 19.7 Å². The van der Waals surface area contributed by atoms with Gasteiger partial charge in [-0.05, 0) is 44.3 Å². The molecule has 2 unspecified atom stereocenters. The third-order valence-corrected chi connectivity index (χ3v) is 3.85. The molecule has 2 fully saturated rings. The van der Waals surface area contributed by atoms with Gasteiger partial charge in [0.05, 0.1) is 0 Å². The van der Waals surface area contributed by atoms with Gasteiger partial charge in [-0.1, -0.05) is 12.8 Å². The second-order valence-corrected chi connectivity index (χ2v) is 5.08. The van der Waals surface area contributed by atoms with Crippen LogP contribution < -0.4 is 5.32 Å². The van der Waals surface area contributed by atoms with Crippen LogP contribution in [0, 0.1) is 11.8 Å². The Labute approximate surface area is 92.8 Å². The van der Waals surface area contributed by atoms with Gasteiger partial charge in [0.25, 0.3) is 0 Å². The van der Waals surface area contributed by atoms with E-state index < -0.39 is 0 Å². The molecule has 2 rings (SSSR count). The molecule has 0 aromatic rings. The second kappa shape index (κ2) is 5.83. The van der Waals surface area contributed by atoms with Crippen LogP contribution in [-0.4, -0.2) is 49.3 Å². The molecule has 0 spiro atoms. The van der Waals surface area contributed by atoms with Gasteiger partial charge in [-0.15, -0.1) is 0 Å². The summed E-state index contributed by atoms with van der Waals surface area (Å²) >= 11 is 0. The molecule has 0 radical (unpaired) electrons. The SMILES string of the molecule is OCCCCCCN1CC2CNCC2C1. The zero-order valence-electron chi connectivity index (χ0n) is 9.62. The number of likely N-dealkylation sites (tertiary alicyclic amines) is 1. The highest BCUT2D eigenvalue weighted by Crippen LogP contribution is 2.26. The normalized spacial score (nSPS) is 31.0. The summed E-state index contributed by atoms with van der Waals surface area (Å²) in [6.07, 6.45) is 4.77. The molecule has 0 amide bonds. The van der Waals surface area contributed by atoms with E-state index in [1.807, 2.05) is 0 Å². The van der Waals surface area contributed by atoms with E-state index in [0.717, 1.165) is 18.3 Å². The van der Waals surface area contributed by atoms with Crippen molar-refractivity contribution in [3.63, 3.8) is 0 Å². The topological polar surface area (TPSA) is 35.5 Å². The van der Waals surface area contributed by atoms with Crippen LogP contribution in [-0.2, 0) is 0 Å². The van der Waals surface area contributed by atoms with Crippen LogP contribution in [0.15, 0.2) is 0 Å². The number of hydrogen-bond donors (Lipinski definition) is 2. The summed E-state index contributed by atoms with van der Waals surface area (Å²) in [5.41, 5.74) is 0. The highest BCUT2D eigenvalue weighted by atomic mass is 16.2.